The Labute approximate surface area is 87.9 Å². The van der Waals surface area contributed by atoms with Gasteiger partial charge in [-0.05, 0) is 18.6 Å². The van der Waals surface area contributed by atoms with Crippen molar-refractivity contribution in [3.8, 4) is 0 Å². The van der Waals surface area contributed by atoms with Gasteiger partial charge in [0.2, 0.25) is 0 Å². The summed E-state index contributed by atoms with van der Waals surface area (Å²) in [5.74, 6) is 0.0337. The van der Waals surface area contributed by atoms with Crippen molar-refractivity contribution < 1.29 is 9.53 Å². The van der Waals surface area contributed by atoms with Crippen LogP contribution in [0.15, 0.2) is 24.4 Å². The second-order valence-corrected chi connectivity index (χ2v) is 4.02. The molecule has 0 spiro atoms. The first-order valence-corrected chi connectivity index (χ1v) is 5.18. The molecule has 3 heterocycles. The quantitative estimate of drug-likeness (QED) is 0.676. The summed E-state index contributed by atoms with van der Waals surface area (Å²) >= 11 is 0. The fourth-order valence-corrected chi connectivity index (χ4v) is 2.28. The third kappa shape index (κ3) is 1.41. The van der Waals surface area contributed by atoms with Gasteiger partial charge in [0.15, 0.2) is 0 Å². The number of fused-ring (bicyclic) bond motifs is 2. The Balaban J connectivity index is 1.81. The molecular weight excluding hydrogens is 192 g/mol. The van der Waals surface area contributed by atoms with Crippen molar-refractivity contribution in [1.82, 2.24) is 9.88 Å². The van der Waals surface area contributed by atoms with Crippen molar-refractivity contribution >= 4 is 5.91 Å². The molecule has 0 aliphatic carbocycles. The molecule has 0 N–H and O–H groups in total. The van der Waals surface area contributed by atoms with Gasteiger partial charge in [0, 0.05) is 12.7 Å². The molecule has 15 heavy (non-hydrogen) atoms. The number of carbonyl (C=O) groups excluding carboxylic acids is 1. The molecule has 78 valence electrons. The highest BCUT2D eigenvalue weighted by Crippen LogP contribution is 2.28. The van der Waals surface area contributed by atoms with Crippen LogP contribution in [0.5, 0.6) is 0 Å². The lowest BCUT2D eigenvalue weighted by molar-refractivity contribution is 0.0255. The minimum Gasteiger partial charge on any atom is -0.374 e. The van der Waals surface area contributed by atoms with Gasteiger partial charge >= 0.3 is 0 Å². The first-order chi connectivity index (χ1) is 7.34. The summed E-state index contributed by atoms with van der Waals surface area (Å²) in [4.78, 5) is 18.0. The number of hydrogen-bond donors (Lipinski definition) is 0. The van der Waals surface area contributed by atoms with Crippen molar-refractivity contribution in [2.24, 2.45) is 0 Å². The number of aromatic nitrogens is 1. The fourth-order valence-electron chi connectivity index (χ4n) is 2.28. The van der Waals surface area contributed by atoms with Crippen LogP contribution >= 0.6 is 0 Å². The summed E-state index contributed by atoms with van der Waals surface area (Å²) in [7, 11) is 0. The number of rotatable bonds is 1. The van der Waals surface area contributed by atoms with Crippen molar-refractivity contribution in [2.45, 2.75) is 18.6 Å². The lowest BCUT2D eigenvalue weighted by Crippen LogP contribution is -2.41. The Morgan fingerprint density at radius 3 is 3.07 bits per heavy atom. The van der Waals surface area contributed by atoms with E-state index in [1.165, 1.54) is 0 Å². The second-order valence-electron chi connectivity index (χ2n) is 4.02. The fraction of sp³-hybridized carbons (Fsp3) is 0.455. The maximum Gasteiger partial charge on any atom is 0.272 e. The van der Waals surface area contributed by atoms with Crippen LogP contribution in [0.1, 0.15) is 16.9 Å². The van der Waals surface area contributed by atoms with E-state index in [0.29, 0.717) is 12.3 Å². The van der Waals surface area contributed by atoms with Crippen LogP contribution in [-0.2, 0) is 4.74 Å². The van der Waals surface area contributed by atoms with Gasteiger partial charge in [-0.25, -0.2) is 0 Å². The number of likely N-dealkylation sites (tertiary alicyclic amines) is 1. The molecule has 1 aromatic heterocycles. The Bertz CT molecular complexity index is 379. The van der Waals surface area contributed by atoms with E-state index in [9.17, 15) is 4.79 Å². The van der Waals surface area contributed by atoms with Gasteiger partial charge in [-0.2, -0.15) is 0 Å². The standard InChI is InChI=1S/C11H12N2O2/c14-11(10-3-1-2-4-12-10)13-6-9-5-8(13)7-15-9/h1-4,8-9H,5-7H2/t8-,9+/m0/s1. The molecule has 0 unspecified atom stereocenters. The van der Waals surface area contributed by atoms with Crippen molar-refractivity contribution in [3.05, 3.63) is 30.1 Å². The zero-order valence-corrected chi connectivity index (χ0v) is 8.30. The summed E-state index contributed by atoms with van der Waals surface area (Å²) in [5.41, 5.74) is 0.532. The number of carbonyl (C=O) groups is 1. The van der Waals surface area contributed by atoms with Crippen LogP contribution in [0, 0.1) is 0 Å². The Morgan fingerprint density at radius 2 is 2.47 bits per heavy atom. The Kier molecular flexibility index (Phi) is 1.95. The molecule has 1 amide bonds. The average molecular weight is 204 g/mol. The average Bonchev–Trinajstić information content (AvgIpc) is 2.91. The van der Waals surface area contributed by atoms with E-state index in [2.05, 4.69) is 4.98 Å². The number of nitrogens with zero attached hydrogens (tertiary/aromatic N) is 2. The normalized spacial score (nSPS) is 28.4. The monoisotopic (exact) mass is 204 g/mol. The van der Waals surface area contributed by atoms with E-state index < -0.39 is 0 Å². The highest BCUT2D eigenvalue weighted by atomic mass is 16.5. The van der Waals surface area contributed by atoms with Crippen LogP contribution in [0.3, 0.4) is 0 Å². The van der Waals surface area contributed by atoms with E-state index in [1.54, 1.807) is 12.3 Å². The van der Waals surface area contributed by atoms with Gasteiger partial charge in [0.25, 0.3) is 5.91 Å². The van der Waals surface area contributed by atoms with Crippen LogP contribution in [0.2, 0.25) is 0 Å². The number of amides is 1. The highest BCUT2D eigenvalue weighted by Gasteiger charge is 2.41. The number of morpholine rings is 1. The molecular formula is C11H12N2O2. The minimum absolute atomic E-state index is 0.0337. The molecule has 2 fully saturated rings. The zero-order chi connectivity index (χ0) is 10.3. The van der Waals surface area contributed by atoms with Gasteiger partial charge in [0.05, 0.1) is 18.8 Å². The first-order valence-electron chi connectivity index (χ1n) is 5.18. The van der Waals surface area contributed by atoms with Crippen LogP contribution in [-0.4, -0.2) is 41.1 Å². The van der Waals surface area contributed by atoms with Gasteiger partial charge in [-0.3, -0.25) is 9.78 Å². The topological polar surface area (TPSA) is 42.4 Å². The summed E-state index contributed by atoms with van der Waals surface area (Å²) in [6.45, 7) is 1.41. The predicted octanol–water partition coefficient (Wildman–Crippen LogP) is 0.695. The predicted molar refractivity (Wildman–Crippen MR) is 53.4 cm³/mol. The molecule has 3 rings (SSSR count). The minimum atomic E-state index is 0.0337. The van der Waals surface area contributed by atoms with Crippen molar-refractivity contribution in [2.75, 3.05) is 13.2 Å². The van der Waals surface area contributed by atoms with E-state index in [1.807, 2.05) is 17.0 Å². The maximum atomic E-state index is 12.0. The van der Waals surface area contributed by atoms with Crippen molar-refractivity contribution in [1.29, 1.82) is 0 Å². The van der Waals surface area contributed by atoms with E-state index >= 15 is 0 Å². The maximum absolute atomic E-state index is 12.0. The Hall–Kier alpha value is -1.42. The molecule has 4 heteroatoms. The smallest absolute Gasteiger partial charge is 0.272 e. The molecule has 0 aromatic carbocycles. The largest absolute Gasteiger partial charge is 0.374 e. The molecule has 1 aromatic rings. The Morgan fingerprint density at radius 1 is 1.53 bits per heavy atom. The molecule has 2 aliphatic rings. The number of ether oxygens (including phenoxy) is 1. The summed E-state index contributed by atoms with van der Waals surface area (Å²) in [6.07, 6.45) is 2.89. The first kappa shape index (κ1) is 8.85. The van der Waals surface area contributed by atoms with Crippen LogP contribution < -0.4 is 0 Å². The van der Waals surface area contributed by atoms with Gasteiger partial charge in [0.1, 0.15) is 5.69 Å². The molecule has 2 atom stereocenters. The molecule has 0 saturated carbocycles. The van der Waals surface area contributed by atoms with E-state index in [-0.39, 0.29) is 18.1 Å². The second kappa shape index (κ2) is 3.31. The number of pyridine rings is 1. The SMILES string of the molecule is O=C(c1ccccn1)N1C[C@H]2C[C@H]1CO2. The third-order valence-electron chi connectivity index (χ3n) is 3.05. The summed E-state index contributed by atoms with van der Waals surface area (Å²) < 4.78 is 5.45. The van der Waals surface area contributed by atoms with Gasteiger partial charge in [-0.15, -0.1) is 0 Å². The molecule has 2 saturated heterocycles. The van der Waals surface area contributed by atoms with Crippen molar-refractivity contribution in [3.63, 3.8) is 0 Å². The molecule has 4 nitrogen and oxygen atoms in total. The highest BCUT2D eigenvalue weighted by molar-refractivity contribution is 5.92. The summed E-state index contributed by atoms with van der Waals surface area (Å²) in [5, 5.41) is 0. The third-order valence-corrected chi connectivity index (χ3v) is 3.05. The van der Waals surface area contributed by atoms with E-state index in [0.717, 1.165) is 13.0 Å². The lowest BCUT2D eigenvalue weighted by atomic mass is 10.2. The summed E-state index contributed by atoms with van der Waals surface area (Å²) in [6, 6.07) is 5.68. The van der Waals surface area contributed by atoms with Gasteiger partial charge in [-0.1, -0.05) is 6.07 Å². The number of hydrogen-bond acceptors (Lipinski definition) is 3. The molecule has 2 bridgehead atoms. The van der Waals surface area contributed by atoms with Crippen LogP contribution in [0.4, 0.5) is 0 Å². The zero-order valence-electron chi connectivity index (χ0n) is 8.30. The van der Waals surface area contributed by atoms with E-state index in [4.69, 9.17) is 4.74 Å². The van der Waals surface area contributed by atoms with Gasteiger partial charge < -0.3 is 9.64 Å². The lowest BCUT2D eigenvalue weighted by Gasteiger charge is -2.26. The molecule has 2 aliphatic heterocycles. The van der Waals surface area contributed by atoms with Crippen LogP contribution in [0.25, 0.3) is 0 Å². The molecule has 0 radical (unpaired) electrons.